The molecule has 1 heteroatoms. The number of aryl methyl sites for hydroxylation is 3. The van der Waals surface area contributed by atoms with Crippen LogP contribution in [0.5, 0.6) is 0 Å². The molecule has 0 heterocycles. The van der Waals surface area contributed by atoms with Gasteiger partial charge in [0.25, 0.3) is 0 Å². The van der Waals surface area contributed by atoms with Crippen LogP contribution in [0, 0.1) is 19.8 Å². The van der Waals surface area contributed by atoms with Gasteiger partial charge in [-0.2, -0.15) is 0 Å². The van der Waals surface area contributed by atoms with Crippen molar-refractivity contribution >= 4 is 6.08 Å². The van der Waals surface area contributed by atoms with Crippen LogP contribution < -0.4 is 0 Å². The molecule has 1 aliphatic carbocycles. The van der Waals surface area contributed by atoms with Gasteiger partial charge in [-0.3, -0.25) is 0 Å². The molecule has 1 atom stereocenters. The molecule has 3 rings (SSSR count). The standard InChI is InChI=1S/C24H30O/c1-6-17(7-2)23-21(25)14-20-10-9-15(4)22(24(20)23)19-12-11-18(8-3)16(5)13-19/h9-14,17,23,25H,6-8H2,1-5H3. The van der Waals surface area contributed by atoms with Crippen molar-refractivity contribution in [1.29, 1.82) is 0 Å². The van der Waals surface area contributed by atoms with Gasteiger partial charge in [0.05, 0.1) is 0 Å². The molecule has 1 nitrogen and oxygen atoms in total. The quantitative estimate of drug-likeness (QED) is 0.626. The first-order valence-electron chi connectivity index (χ1n) is 9.65. The zero-order chi connectivity index (χ0) is 18.1. The second-order valence-corrected chi connectivity index (χ2v) is 7.38. The molecule has 2 aromatic rings. The highest BCUT2D eigenvalue weighted by molar-refractivity contribution is 5.81. The predicted octanol–water partition coefficient (Wildman–Crippen LogP) is 6.97. The molecule has 0 spiro atoms. The van der Waals surface area contributed by atoms with E-state index in [2.05, 4.69) is 65.0 Å². The minimum Gasteiger partial charge on any atom is -0.512 e. The summed E-state index contributed by atoms with van der Waals surface area (Å²) in [5.41, 5.74) is 9.17. The summed E-state index contributed by atoms with van der Waals surface area (Å²) in [7, 11) is 0. The van der Waals surface area contributed by atoms with Crippen molar-refractivity contribution in [1.82, 2.24) is 0 Å². The maximum atomic E-state index is 10.7. The highest BCUT2D eigenvalue weighted by Gasteiger charge is 2.33. The average molecular weight is 335 g/mol. The first-order chi connectivity index (χ1) is 12.0. The first-order valence-corrected chi connectivity index (χ1v) is 9.65. The van der Waals surface area contributed by atoms with Crippen LogP contribution >= 0.6 is 0 Å². The van der Waals surface area contributed by atoms with E-state index in [0.717, 1.165) is 19.3 Å². The molecular weight excluding hydrogens is 304 g/mol. The average Bonchev–Trinajstić information content (AvgIpc) is 2.92. The Morgan fingerprint density at radius 2 is 1.68 bits per heavy atom. The number of aliphatic hydroxyl groups excluding tert-OH is 1. The van der Waals surface area contributed by atoms with Crippen molar-refractivity contribution in [2.75, 3.05) is 0 Å². The Balaban J connectivity index is 2.21. The fraction of sp³-hybridized carbons (Fsp3) is 0.417. The Bertz CT molecular complexity index is 809. The molecule has 0 saturated heterocycles. The monoisotopic (exact) mass is 334 g/mol. The third-order valence-electron chi connectivity index (χ3n) is 5.95. The van der Waals surface area contributed by atoms with Gasteiger partial charge in [0.1, 0.15) is 5.76 Å². The summed E-state index contributed by atoms with van der Waals surface area (Å²) in [5.74, 6) is 1.15. The van der Waals surface area contributed by atoms with Crippen LogP contribution in [0.3, 0.4) is 0 Å². The first kappa shape index (κ1) is 17.8. The maximum Gasteiger partial charge on any atom is 0.101 e. The summed E-state index contributed by atoms with van der Waals surface area (Å²) < 4.78 is 0. The SMILES string of the molecule is CCc1ccc(-c2c(C)ccc3c2C(C(CC)CC)C(O)=C3)cc1C. The molecule has 0 fully saturated rings. The van der Waals surface area contributed by atoms with Gasteiger partial charge in [-0.15, -0.1) is 0 Å². The number of benzene rings is 2. The van der Waals surface area contributed by atoms with E-state index in [1.807, 2.05) is 6.08 Å². The van der Waals surface area contributed by atoms with E-state index < -0.39 is 0 Å². The van der Waals surface area contributed by atoms with Gasteiger partial charge < -0.3 is 5.11 Å². The van der Waals surface area contributed by atoms with Crippen molar-refractivity contribution in [3.8, 4) is 11.1 Å². The third kappa shape index (κ3) is 3.01. The number of hydrogen-bond donors (Lipinski definition) is 1. The van der Waals surface area contributed by atoms with E-state index in [9.17, 15) is 5.11 Å². The third-order valence-corrected chi connectivity index (χ3v) is 5.95. The molecule has 0 radical (unpaired) electrons. The number of fused-ring (bicyclic) bond motifs is 1. The van der Waals surface area contributed by atoms with E-state index >= 15 is 0 Å². The number of allylic oxidation sites excluding steroid dienone is 1. The molecule has 1 unspecified atom stereocenters. The number of hydrogen-bond acceptors (Lipinski definition) is 1. The molecule has 2 aromatic carbocycles. The Labute approximate surface area is 152 Å². The number of aliphatic hydroxyl groups is 1. The predicted molar refractivity (Wildman–Crippen MR) is 108 cm³/mol. The normalized spacial score (nSPS) is 16.2. The largest absolute Gasteiger partial charge is 0.512 e. The van der Waals surface area contributed by atoms with Crippen LogP contribution in [0.15, 0.2) is 36.1 Å². The Hall–Kier alpha value is -2.02. The highest BCUT2D eigenvalue weighted by Crippen LogP contribution is 2.48. The Kier molecular flexibility index (Phi) is 5.03. The van der Waals surface area contributed by atoms with Gasteiger partial charge in [-0.1, -0.05) is 63.9 Å². The van der Waals surface area contributed by atoms with Gasteiger partial charge in [0, 0.05) is 5.92 Å². The molecule has 0 bridgehead atoms. The molecule has 1 aliphatic rings. The van der Waals surface area contributed by atoms with Crippen LogP contribution in [0.4, 0.5) is 0 Å². The van der Waals surface area contributed by atoms with Crippen LogP contribution in [0.2, 0.25) is 0 Å². The molecule has 132 valence electrons. The molecule has 25 heavy (non-hydrogen) atoms. The Morgan fingerprint density at radius 3 is 2.28 bits per heavy atom. The minimum absolute atomic E-state index is 0.131. The molecule has 0 amide bonds. The summed E-state index contributed by atoms with van der Waals surface area (Å²) >= 11 is 0. The lowest BCUT2D eigenvalue weighted by Gasteiger charge is -2.26. The highest BCUT2D eigenvalue weighted by atomic mass is 16.3. The minimum atomic E-state index is 0.131. The van der Waals surface area contributed by atoms with Crippen molar-refractivity contribution in [3.05, 3.63) is 63.9 Å². The van der Waals surface area contributed by atoms with Crippen LogP contribution in [0.1, 0.15) is 67.3 Å². The van der Waals surface area contributed by atoms with Gasteiger partial charge in [-0.05, 0) is 71.2 Å². The fourth-order valence-electron chi connectivity index (χ4n) is 4.47. The Morgan fingerprint density at radius 1 is 0.960 bits per heavy atom. The fourth-order valence-corrected chi connectivity index (χ4v) is 4.47. The lowest BCUT2D eigenvalue weighted by atomic mass is 9.78. The summed E-state index contributed by atoms with van der Waals surface area (Å²) in [6.07, 6.45) is 5.21. The van der Waals surface area contributed by atoms with Crippen LogP contribution in [-0.2, 0) is 6.42 Å². The van der Waals surface area contributed by atoms with Crippen LogP contribution in [-0.4, -0.2) is 5.11 Å². The molecule has 0 saturated carbocycles. The molecule has 0 aliphatic heterocycles. The summed E-state index contributed by atoms with van der Waals surface area (Å²) in [5, 5.41) is 10.7. The lowest BCUT2D eigenvalue weighted by molar-refractivity contribution is 0.313. The van der Waals surface area contributed by atoms with E-state index in [1.165, 1.54) is 38.9 Å². The van der Waals surface area contributed by atoms with Crippen molar-refractivity contribution in [2.45, 2.75) is 59.8 Å². The van der Waals surface area contributed by atoms with E-state index in [-0.39, 0.29) is 5.92 Å². The summed E-state index contributed by atoms with van der Waals surface area (Å²) in [4.78, 5) is 0. The van der Waals surface area contributed by atoms with Gasteiger partial charge in [0.15, 0.2) is 0 Å². The van der Waals surface area contributed by atoms with Crippen molar-refractivity contribution in [3.63, 3.8) is 0 Å². The molecule has 1 N–H and O–H groups in total. The smallest absolute Gasteiger partial charge is 0.101 e. The molecular formula is C24H30O. The maximum absolute atomic E-state index is 10.7. The second-order valence-electron chi connectivity index (χ2n) is 7.38. The second kappa shape index (κ2) is 7.07. The topological polar surface area (TPSA) is 20.2 Å². The lowest BCUT2D eigenvalue weighted by Crippen LogP contribution is -2.13. The number of rotatable bonds is 5. The van der Waals surface area contributed by atoms with Gasteiger partial charge in [0.2, 0.25) is 0 Å². The zero-order valence-corrected chi connectivity index (χ0v) is 16.2. The van der Waals surface area contributed by atoms with E-state index in [0.29, 0.717) is 11.7 Å². The zero-order valence-electron chi connectivity index (χ0n) is 16.2. The van der Waals surface area contributed by atoms with Gasteiger partial charge >= 0.3 is 0 Å². The van der Waals surface area contributed by atoms with Crippen molar-refractivity contribution < 1.29 is 5.11 Å². The molecule has 0 aromatic heterocycles. The van der Waals surface area contributed by atoms with Crippen molar-refractivity contribution in [2.24, 2.45) is 5.92 Å². The van der Waals surface area contributed by atoms with E-state index in [1.54, 1.807) is 0 Å². The van der Waals surface area contributed by atoms with Crippen LogP contribution in [0.25, 0.3) is 17.2 Å². The van der Waals surface area contributed by atoms with E-state index in [4.69, 9.17) is 0 Å². The summed E-state index contributed by atoms with van der Waals surface area (Å²) in [6, 6.07) is 11.2. The summed E-state index contributed by atoms with van der Waals surface area (Å²) in [6.45, 7) is 11.1. The van der Waals surface area contributed by atoms with Gasteiger partial charge in [-0.25, -0.2) is 0 Å².